The van der Waals surface area contributed by atoms with Gasteiger partial charge in [0.1, 0.15) is 5.84 Å². The molecule has 0 aromatic heterocycles. The Morgan fingerprint density at radius 1 is 0.520 bits per heavy atom. The molecule has 0 aliphatic carbocycles. The second-order valence-electron chi connectivity index (χ2n) is 11.4. The van der Waals surface area contributed by atoms with Gasteiger partial charge < -0.3 is 28.0 Å². The third-order valence-corrected chi connectivity index (χ3v) is 8.02. The number of nitrogens with one attached hydrogen (secondary N) is 3. The van der Waals surface area contributed by atoms with E-state index in [0.717, 1.165) is 33.4 Å². The van der Waals surface area contributed by atoms with E-state index in [0.29, 0.717) is 0 Å². The zero-order valence-electron chi connectivity index (χ0n) is 29.0. The fourth-order valence-electron chi connectivity index (χ4n) is 5.22. The highest BCUT2D eigenvalue weighted by Gasteiger charge is 2.09. The topological polar surface area (TPSA) is 150 Å². The van der Waals surface area contributed by atoms with Gasteiger partial charge in [-0.3, -0.25) is 5.41 Å². The van der Waals surface area contributed by atoms with Crippen molar-refractivity contribution >= 4 is 56.5 Å². The highest BCUT2D eigenvalue weighted by molar-refractivity contribution is 6.09. The maximum Gasteiger partial charge on any atom is 0.122 e. The zero-order valence-corrected chi connectivity index (χ0v) is 29.0. The number of benzene rings is 6. The molecule has 252 valence electrons. The quantitative estimate of drug-likeness (QED) is 0.0600. The Kier molecular flexibility index (Phi) is 14.7. The van der Waals surface area contributed by atoms with E-state index in [1.165, 1.54) is 63.1 Å². The number of aryl methyl sites for hydroxylation is 2. The molecule has 6 nitrogen and oxygen atoms in total. The van der Waals surface area contributed by atoms with Gasteiger partial charge in [-0.05, 0) is 76.2 Å². The van der Waals surface area contributed by atoms with Crippen LogP contribution in [-0.2, 0) is 0 Å². The van der Waals surface area contributed by atoms with Crippen LogP contribution in [-0.4, -0.2) is 18.3 Å². The van der Waals surface area contributed by atoms with Crippen LogP contribution < -0.4 is 17.2 Å². The summed E-state index contributed by atoms with van der Waals surface area (Å²) < 4.78 is 0. The van der Waals surface area contributed by atoms with Crippen LogP contribution in [0.2, 0.25) is 0 Å². The van der Waals surface area contributed by atoms with Gasteiger partial charge >= 0.3 is 0 Å². The minimum Gasteiger partial charge on any atom is -0.404 e. The SMILES string of the molecule is C=C(C)c1ccccc1.Cc1c2ccccc2c(C)c2cc(C(=N)N)ccc12.N=C/C(=C\N)c1ccccc1.N=C/C(=C\N)c1ccccc1. The third-order valence-electron chi connectivity index (χ3n) is 8.02. The number of hydrogen-bond donors (Lipinski definition) is 6. The van der Waals surface area contributed by atoms with Crippen molar-refractivity contribution in [3.8, 4) is 0 Å². The van der Waals surface area contributed by atoms with E-state index in [1.54, 1.807) is 0 Å². The minimum atomic E-state index is 0.118. The van der Waals surface area contributed by atoms with E-state index >= 15 is 0 Å². The smallest absolute Gasteiger partial charge is 0.122 e. The lowest BCUT2D eigenvalue weighted by atomic mass is 9.92. The van der Waals surface area contributed by atoms with E-state index in [1.807, 2.05) is 97.9 Å². The Morgan fingerprint density at radius 2 is 0.880 bits per heavy atom. The van der Waals surface area contributed by atoms with Gasteiger partial charge in [0.25, 0.3) is 0 Å². The number of hydrogen-bond acceptors (Lipinski definition) is 5. The summed E-state index contributed by atoms with van der Waals surface area (Å²) in [5.74, 6) is 0.118. The van der Waals surface area contributed by atoms with Gasteiger partial charge in [-0.25, -0.2) is 0 Å². The molecule has 0 aliphatic heterocycles. The van der Waals surface area contributed by atoms with Gasteiger partial charge in [0.05, 0.1) is 0 Å². The van der Waals surface area contributed by atoms with Gasteiger partial charge in [-0.15, -0.1) is 0 Å². The fourth-order valence-corrected chi connectivity index (χ4v) is 5.22. The minimum absolute atomic E-state index is 0.118. The van der Waals surface area contributed by atoms with Crippen molar-refractivity contribution in [2.75, 3.05) is 0 Å². The molecule has 0 saturated heterocycles. The molecule has 0 atom stereocenters. The maximum absolute atomic E-state index is 7.58. The second kappa shape index (κ2) is 19.3. The van der Waals surface area contributed by atoms with Gasteiger partial charge in [-0.1, -0.05) is 140 Å². The maximum atomic E-state index is 7.58. The fraction of sp³-hybridized carbons (Fsp3) is 0.0682. The highest BCUT2D eigenvalue weighted by atomic mass is 14.7. The van der Waals surface area contributed by atoms with Gasteiger partial charge in [-0.2, -0.15) is 0 Å². The summed E-state index contributed by atoms with van der Waals surface area (Å²) in [6, 6.07) is 43.8. The standard InChI is InChI=1S/C17H16N2.2C9H10N2.C9H10/c1-10-13-5-3-4-6-14(13)11(2)16-9-12(17(18)19)7-8-15(10)16;2*10-6-9(7-11)8-4-2-1-3-5-8;1-8(2)9-6-4-3-5-7-9/h3-9H,1-2H3,(H3,18,19);2*1-7,10H,11H2;3-7H,1H2,2H3/b;2*9-7+,10-6?;. The second-order valence-corrected chi connectivity index (χ2v) is 11.4. The summed E-state index contributed by atoms with van der Waals surface area (Å²) in [5, 5.41) is 26.6. The normalized spacial score (nSPS) is 10.7. The summed E-state index contributed by atoms with van der Waals surface area (Å²) in [7, 11) is 0. The number of nitrogens with two attached hydrogens (primary N) is 3. The predicted molar refractivity (Wildman–Crippen MR) is 218 cm³/mol. The van der Waals surface area contributed by atoms with Crippen LogP contribution in [0.25, 0.3) is 38.3 Å². The van der Waals surface area contributed by atoms with Crippen molar-refractivity contribution in [2.45, 2.75) is 20.8 Å². The molecule has 0 aliphatic rings. The van der Waals surface area contributed by atoms with Crippen molar-refractivity contribution in [2.24, 2.45) is 17.2 Å². The lowest BCUT2D eigenvalue weighted by molar-refractivity contribution is 1.43. The molecule has 0 spiro atoms. The molecule has 6 aromatic rings. The summed E-state index contributed by atoms with van der Waals surface area (Å²) in [6.45, 7) is 10.1. The first kappa shape index (κ1) is 37.9. The molecule has 0 bridgehead atoms. The van der Waals surface area contributed by atoms with Gasteiger partial charge in [0.15, 0.2) is 0 Å². The predicted octanol–water partition coefficient (Wildman–Crippen LogP) is 9.89. The van der Waals surface area contributed by atoms with Crippen LogP contribution in [0.1, 0.15) is 40.3 Å². The van der Waals surface area contributed by atoms with E-state index in [4.69, 9.17) is 33.4 Å². The lowest BCUT2D eigenvalue weighted by Crippen LogP contribution is -2.10. The monoisotopic (exact) mass is 658 g/mol. The lowest BCUT2D eigenvalue weighted by Gasteiger charge is -2.13. The first-order chi connectivity index (χ1) is 24.2. The first-order valence-electron chi connectivity index (χ1n) is 16.1. The van der Waals surface area contributed by atoms with Crippen LogP contribution in [0.5, 0.6) is 0 Å². The molecule has 0 heterocycles. The number of rotatable bonds is 6. The summed E-state index contributed by atoms with van der Waals surface area (Å²) >= 11 is 0. The largest absolute Gasteiger partial charge is 0.404 e. The molecule has 50 heavy (non-hydrogen) atoms. The Labute approximate surface area is 295 Å². The van der Waals surface area contributed by atoms with Crippen molar-refractivity contribution < 1.29 is 0 Å². The molecular formula is C44H46N6. The van der Waals surface area contributed by atoms with Gasteiger partial charge in [0.2, 0.25) is 0 Å². The van der Waals surface area contributed by atoms with E-state index in [2.05, 4.69) is 62.9 Å². The summed E-state index contributed by atoms with van der Waals surface area (Å²) in [4.78, 5) is 0. The summed E-state index contributed by atoms with van der Waals surface area (Å²) in [5.41, 5.74) is 25.3. The zero-order chi connectivity index (χ0) is 36.5. The average molecular weight is 659 g/mol. The van der Waals surface area contributed by atoms with Crippen LogP contribution in [0.4, 0.5) is 0 Å². The van der Waals surface area contributed by atoms with Crippen molar-refractivity contribution in [1.82, 2.24) is 0 Å². The van der Waals surface area contributed by atoms with Crippen LogP contribution in [0.15, 0.2) is 152 Å². The molecule has 9 N–H and O–H groups in total. The molecule has 6 aromatic carbocycles. The molecule has 6 rings (SSSR count). The van der Waals surface area contributed by atoms with E-state index < -0.39 is 0 Å². The molecule has 0 fully saturated rings. The summed E-state index contributed by atoms with van der Waals surface area (Å²) in [6.07, 6.45) is 5.36. The number of nitrogen functional groups attached to an aromatic ring is 1. The third kappa shape index (κ3) is 10.2. The number of allylic oxidation sites excluding steroid dienone is 3. The molecule has 0 saturated carbocycles. The first-order valence-corrected chi connectivity index (χ1v) is 16.1. The Morgan fingerprint density at radius 3 is 1.22 bits per heavy atom. The van der Waals surface area contributed by atoms with Crippen LogP contribution in [0, 0.1) is 30.1 Å². The Balaban J connectivity index is 0.000000190. The number of fused-ring (bicyclic) bond motifs is 2. The molecule has 0 amide bonds. The van der Waals surface area contributed by atoms with Crippen molar-refractivity contribution in [3.63, 3.8) is 0 Å². The van der Waals surface area contributed by atoms with Crippen molar-refractivity contribution in [1.29, 1.82) is 16.2 Å². The average Bonchev–Trinajstić information content (AvgIpc) is 3.16. The van der Waals surface area contributed by atoms with Crippen molar-refractivity contribution in [3.05, 3.63) is 186 Å². The number of amidine groups is 1. The molecule has 6 heteroatoms. The van der Waals surface area contributed by atoms with Crippen LogP contribution >= 0.6 is 0 Å². The van der Waals surface area contributed by atoms with Crippen LogP contribution in [0.3, 0.4) is 0 Å². The Bertz CT molecular complexity index is 2050. The highest BCUT2D eigenvalue weighted by Crippen LogP contribution is 2.32. The van der Waals surface area contributed by atoms with Gasteiger partial charge in [0, 0.05) is 41.5 Å². The molecule has 0 unspecified atom stereocenters. The van der Waals surface area contributed by atoms with E-state index in [-0.39, 0.29) is 5.84 Å². The Hall–Kier alpha value is -6.53. The molecular weight excluding hydrogens is 613 g/mol. The molecule has 0 radical (unpaired) electrons. The van der Waals surface area contributed by atoms with E-state index in [9.17, 15) is 0 Å².